The van der Waals surface area contributed by atoms with Crippen LogP contribution in [0.1, 0.15) is 32.3 Å². The Hall–Kier alpha value is -0.0600. The highest BCUT2D eigenvalue weighted by Gasteiger charge is 2.08. The van der Waals surface area contributed by atoms with Gasteiger partial charge in [-0.1, -0.05) is 13.3 Å². The van der Waals surface area contributed by atoms with Gasteiger partial charge in [-0.25, -0.2) is 0 Å². The van der Waals surface area contributed by atoms with Crippen LogP contribution in [0.15, 0.2) is 21.1 Å². The predicted octanol–water partition coefficient (Wildman–Crippen LogP) is 4.50. The highest BCUT2D eigenvalue weighted by atomic mass is 79.9. The van der Waals surface area contributed by atoms with Gasteiger partial charge < -0.3 is 10.1 Å². The molecule has 0 amide bonds. The van der Waals surface area contributed by atoms with Crippen molar-refractivity contribution in [1.29, 1.82) is 0 Å². The van der Waals surface area contributed by atoms with Crippen LogP contribution in [0.25, 0.3) is 0 Å². The quantitative estimate of drug-likeness (QED) is 0.802. The second-order valence-corrected chi connectivity index (χ2v) is 5.87. The molecule has 0 radical (unpaired) electrons. The lowest BCUT2D eigenvalue weighted by atomic mass is 10.1. The molecule has 96 valence electrons. The van der Waals surface area contributed by atoms with Crippen LogP contribution in [0.4, 0.5) is 0 Å². The number of ether oxygens (including phenoxy) is 1. The first-order valence-electron chi connectivity index (χ1n) is 5.83. The molecule has 1 rings (SSSR count). The van der Waals surface area contributed by atoms with Crippen LogP contribution in [0, 0.1) is 0 Å². The van der Waals surface area contributed by atoms with Crippen LogP contribution in [0.2, 0.25) is 0 Å². The van der Waals surface area contributed by atoms with Crippen molar-refractivity contribution in [2.45, 2.75) is 39.3 Å². The number of hydrogen-bond donors (Lipinski definition) is 1. The van der Waals surface area contributed by atoms with E-state index in [0.717, 1.165) is 21.2 Å². The van der Waals surface area contributed by atoms with Crippen molar-refractivity contribution in [3.63, 3.8) is 0 Å². The molecule has 0 aliphatic carbocycles. The zero-order chi connectivity index (χ0) is 12.8. The Kier molecular flexibility index (Phi) is 6.52. The van der Waals surface area contributed by atoms with Crippen LogP contribution >= 0.6 is 31.9 Å². The Labute approximate surface area is 120 Å². The van der Waals surface area contributed by atoms with E-state index in [1.165, 1.54) is 18.4 Å². The number of halogens is 2. The largest absolute Gasteiger partial charge is 0.494 e. The lowest BCUT2D eigenvalue weighted by Gasteiger charge is -2.14. The Morgan fingerprint density at radius 1 is 1.29 bits per heavy atom. The van der Waals surface area contributed by atoms with Crippen molar-refractivity contribution < 1.29 is 4.74 Å². The van der Waals surface area contributed by atoms with E-state index >= 15 is 0 Å². The lowest BCUT2D eigenvalue weighted by molar-refractivity contribution is 0.409. The van der Waals surface area contributed by atoms with E-state index in [1.54, 1.807) is 7.11 Å². The predicted molar refractivity (Wildman–Crippen MR) is 79.6 cm³/mol. The highest BCUT2D eigenvalue weighted by molar-refractivity contribution is 9.11. The molecule has 0 bridgehead atoms. The topological polar surface area (TPSA) is 21.3 Å². The molecule has 1 aromatic carbocycles. The molecular formula is C13H19Br2NO. The van der Waals surface area contributed by atoms with Crippen molar-refractivity contribution in [2.24, 2.45) is 0 Å². The van der Waals surface area contributed by atoms with Crippen molar-refractivity contribution in [3.05, 3.63) is 26.6 Å². The first-order valence-corrected chi connectivity index (χ1v) is 7.42. The number of benzene rings is 1. The average molecular weight is 365 g/mol. The van der Waals surface area contributed by atoms with Crippen molar-refractivity contribution in [2.75, 3.05) is 7.11 Å². The van der Waals surface area contributed by atoms with Gasteiger partial charge in [-0.05, 0) is 62.9 Å². The summed E-state index contributed by atoms with van der Waals surface area (Å²) in [6.45, 7) is 5.30. The summed E-state index contributed by atoms with van der Waals surface area (Å²) in [7, 11) is 1.67. The lowest BCUT2D eigenvalue weighted by Crippen LogP contribution is -2.25. The Balaban J connectivity index is 2.67. The summed E-state index contributed by atoms with van der Waals surface area (Å²) >= 11 is 7.03. The van der Waals surface area contributed by atoms with Crippen LogP contribution in [-0.4, -0.2) is 13.2 Å². The van der Waals surface area contributed by atoms with Gasteiger partial charge in [-0.15, -0.1) is 0 Å². The van der Waals surface area contributed by atoms with E-state index in [1.807, 2.05) is 0 Å². The fourth-order valence-electron chi connectivity index (χ4n) is 1.74. The molecule has 2 nitrogen and oxygen atoms in total. The third-order valence-corrected chi connectivity index (χ3v) is 3.82. The van der Waals surface area contributed by atoms with Gasteiger partial charge in [-0.3, -0.25) is 0 Å². The molecule has 0 spiro atoms. The van der Waals surface area contributed by atoms with E-state index in [2.05, 4.69) is 63.2 Å². The van der Waals surface area contributed by atoms with E-state index in [4.69, 9.17) is 4.74 Å². The Bertz CT molecular complexity index is 345. The normalized spacial score (nSPS) is 12.5. The summed E-state index contributed by atoms with van der Waals surface area (Å²) in [5.41, 5.74) is 1.24. The van der Waals surface area contributed by atoms with Crippen LogP contribution in [-0.2, 0) is 6.54 Å². The summed E-state index contributed by atoms with van der Waals surface area (Å²) in [6, 6.07) is 4.74. The van der Waals surface area contributed by atoms with Gasteiger partial charge in [0.1, 0.15) is 5.75 Å². The first kappa shape index (κ1) is 15.0. The molecule has 0 saturated heterocycles. The van der Waals surface area contributed by atoms with Gasteiger partial charge in [0.05, 0.1) is 16.1 Å². The van der Waals surface area contributed by atoms with E-state index in [-0.39, 0.29) is 0 Å². The summed E-state index contributed by atoms with van der Waals surface area (Å²) < 4.78 is 7.24. The van der Waals surface area contributed by atoms with Gasteiger partial charge in [0, 0.05) is 12.6 Å². The highest BCUT2D eigenvalue weighted by Crippen LogP contribution is 2.34. The second-order valence-electron chi connectivity index (χ2n) is 4.16. The van der Waals surface area contributed by atoms with Gasteiger partial charge in [-0.2, -0.15) is 0 Å². The third-order valence-electron chi connectivity index (χ3n) is 2.64. The van der Waals surface area contributed by atoms with Gasteiger partial charge >= 0.3 is 0 Å². The number of hydrogen-bond acceptors (Lipinski definition) is 2. The SMILES string of the molecule is CCCC(C)NCc1cc(Br)c(OC)c(Br)c1. The van der Waals surface area contributed by atoms with Gasteiger partial charge in [0.15, 0.2) is 0 Å². The van der Waals surface area contributed by atoms with Gasteiger partial charge in [0.2, 0.25) is 0 Å². The average Bonchev–Trinajstić information content (AvgIpc) is 2.26. The molecule has 4 heteroatoms. The fourth-order valence-corrected chi connectivity index (χ4v) is 3.34. The number of nitrogens with one attached hydrogen (secondary N) is 1. The molecule has 1 N–H and O–H groups in total. The Morgan fingerprint density at radius 2 is 1.88 bits per heavy atom. The molecule has 0 fully saturated rings. The van der Waals surface area contributed by atoms with Gasteiger partial charge in [0.25, 0.3) is 0 Å². The smallest absolute Gasteiger partial charge is 0.147 e. The van der Waals surface area contributed by atoms with Crippen molar-refractivity contribution in [3.8, 4) is 5.75 Å². The minimum atomic E-state index is 0.555. The zero-order valence-corrected chi connectivity index (χ0v) is 13.7. The molecule has 1 aromatic rings. The second kappa shape index (κ2) is 7.39. The van der Waals surface area contributed by atoms with E-state index < -0.39 is 0 Å². The zero-order valence-electron chi connectivity index (χ0n) is 10.5. The van der Waals surface area contributed by atoms with Crippen molar-refractivity contribution >= 4 is 31.9 Å². The summed E-state index contributed by atoms with van der Waals surface area (Å²) in [5, 5.41) is 3.51. The fraction of sp³-hybridized carbons (Fsp3) is 0.538. The third kappa shape index (κ3) is 4.60. The number of methoxy groups -OCH3 is 1. The van der Waals surface area contributed by atoms with E-state index in [9.17, 15) is 0 Å². The molecule has 1 unspecified atom stereocenters. The summed E-state index contributed by atoms with van der Waals surface area (Å²) in [6.07, 6.45) is 2.42. The summed E-state index contributed by atoms with van der Waals surface area (Å²) in [4.78, 5) is 0. The molecule has 0 aromatic heterocycles. The molecule has 17 heavy (non-hydrogen) atoms. The molecule has 1 atom stereocenters. The molecular weight excluding hydrogens is 346 g/mol. The Morgan fingerprint density at radius 3 is 2.35 bits per heavy atom. The first-order chi connectivity index (χ1) is 8.08. The van der Waals surface area contributed by atoms with Crippen LogP contribution in [0.3, 0.4) is 0 Å². The molecule has 0 heterocycles. The summed E-state index contributed by atoms with van der Waals surface area (Å²) in [5.74, 6) is 0.843. The molecule has 0 aliphatic heterocycles. The maximum absolute atomic E-state index is 5.28. The monoisotopic (exact) mass is 363 g/mol. The van der Waals surface area contributed by atoms with Crippen LogP contribution in [0.5, 0.6) is 5.75 Å². The molecule has 0 saturated carbocycles. The standard InChI is InChI=1S/C13H19Br2NO/c1-4-5-9(2)16-8-10-6-11(14)13(17-3)12(15)7-10/h6-7,9,16H,4-5,8H2,1-3H3. The minimum Gasteiger partial charge on any atom is -0.494 e. The maximum Gasteiger partial charge on any atom is 0.147 e. The molecule has 0 aliphatic rings. The maximum atomic E-state index is 5.28. The van der Waals surface area contributed by atoms with E-state index in [0.29, 0.717) is 6.04 Å². The van der Waals surface area contributed by atoms with Crippen molar-refractivity contribution in [1.82, 2.24) is 5.32 Å². The van der Waals surface area contributed by atoms with Crippen LogP contribution < -0.4 is 10.1 Å². The number of rotatable bonds is 6. The minimum absolute atomic E-state index is 0.555.